The summed E-state index contributed by atoms with van der Waals surface area (Å²) in [7, 11) is 0. The molecule has 1 fully saturated rings. The largest absolute Gasteiger partial charge is 0.461 e. The van der Waals surface area contributed by atoms with Gasteiger partial charge < -0.3 is 9.32 Å². The van der Waals surface area contributed by atoms with Gasteiger partial charge in [-0.1, -0.05) is 49.2 Å². The van der Waals surface area contributed by atoms with Gasteiger partial charge >= 0.3 is 0 Å². The number of aryl methyl sites for hydroxylation is 1. The van der Waals surface area contributed by atoms with E-state index in [1.54, 1.807) is 6.26 Å². The normalized spacial score (nSPS) is 19.4. The number of carbonyl (C=O) groups is 1. The van der Waals surface area contributed by atoms with Gasteiger partial charge in [-0.25, -0.2) is 0 Å². The summed E-state index contributed by atoms with van der Waals surface area (Å²) >= 11 is 1.49. The Hall–Kier alpha value is -2.54. The molecule has 0 bridgehead atoms. The van der Waals surface area contributed by atoms with E-state index >= 15 is 0 Å². The molecule has 1 aliphatic carbocycles. The Morgan fingerprint density at radius 2 is 1.94 bits per heavy atom. The summed E-state index contributed by atoms with van der Waals surface area (Å²) in [4.78, 5) is 15.3. The van der Waals surface area contributed by atoms with Crippen LogP contribution in [-0.2, 0) is 11.2 Å². The standard InChI is InChI=1S/C24H28N4O2S/c1-17-13-14-18-8-5-6-11-20(18)27(17)22(29)16-31-24-26-25-23(21-12-7-15-30-21)28(24)19-9-3-2-4-10-19/h5-8,11-12,15,17,19H,2-4,9-10,13-14,16H2,1H3. The summed E-state index contributed by atoms with van der Waals surface area (Å²) in [5.74, 6) is 1.97. The minimum atomic E-state index is 0.127. The third-order valence-corrected chi connectivity index (χ3v) is 7.39. The Kier molecular flexibility index (Phi) is 5.85. The number of furan rings is 1. The van der Waals surface area contributed by atoms with Crippen molar-refractivity contribution in [3.05, 3.63) is 48.2 Å². The van der Waals surface area contributed by atoms with E-state index in [-0.39, 0.29) is 11.9 Å². The topological polar surface area (TPSA) is 64.2 Å². The van der Waals surface area contributed by atoms with E-state index in [1.807, 2.05) is 23.1 Å². The summed E-state index contributed by atoms with van der Waals surface area (Å²) in [6.45, 7) is 2.14. The number of aromatic nitrogens is 3. The molecule has 5 rings (SSSR count). The van der Waals surface area contributed by atoms with Crippen molar-refractivity contribution in [2.75, 3.05) is 10.7 Å². The zero-order chi connectivity index (χ0) is 21.2. The van der Waals surface area contributed by atoms with E-state index in [0.717, 1.165) is 48.1 Å². The van der Waals surface area contributed by atoms with E-state index in [0.29, 0.717) is 11.8 Å². The molecule has 1 saturated carbocycles. The predicted molar refractivity (Wildman–Crippen MR) is 122 cm³/mol. The number of hydrogen-bond acceptors (Lipinski definition) is 5. The fourth-order valence-corrected chi connectivity index (χ4v) is 5.75. The molecule has 0 saturated heterocycles. The van der Waals surface area contributed by atoms with E-state index in [1.165, 1.54) is 36.6 Å². The number of rotatable bonds is 5. The lowest BCUT2D eigenvalue weighted by atomic mass is 9.95. The molecule has 1 atom stereocenters. The number of nitrogens with zero attached hydrogens (tertiary/aromatic N) is 4. The minimum Gasteiger partial charge on any atom is -0.461 e. The molecular weight excluding hydrogens is 408 g/mol. The second-order valence-electron chi connectivity index (χ2n) is 8.51. The average Bonchev–Trinajstić information content (AvgIpc) is 3.48. The first-order valence-electron chi connectivity index (χ1n) is 11.2. The maximum atomic E-state index is 13.3. The number of anilines is 1. The quantitative estimate of drug-likeness (QED) is 0.494. The van der Waals surface area contributed by atoms with Crippen LogP contribution in [0.4, 0.5) is 5.69 Å². The minimum absolute atomic E-state index is 0.127. The average molecular weight is 437 g/mol. The third-order valence-electron chi connectivity index (χ3n) is 6.46. The van der Waals surface area contributed by atoms with Gasteiger partial charge in [0.05, 0.1) is 12.0 Å². The number of benzene rings is 1. The lowest BCUT2D eigenvalue weighted by molar-refractivity contribution is -0.116. The molecule has 0 spiro atoms. The van der Waals surface area contributed by atoms with Crippen LogP contribution < -0.4 is 4.90 Å². The number of carbonyl (C=O) groups excluding carboxylic acids is 1. The van der Waals surface area contributed by atoms with Crippen LogP contribution in [0.15, 0.2) is 52.2 Å². The molecule has 1 amide bonds. The van der Waals surface area contributed by atoms with Crippen molar-refractivity contribution in [1.82, 2.24) is 14.8 Å². The SMILES string of the molecule is CC1CCc2ccccc2N1C(=O)CSc1nnc(-c2ccco2)n1C1CCCCC1. The van der Waals surface area contributed by atoms with Gasteiger partial charge in [0.25, 0.3) is 0 Å². The summed E-state index contributed by atoms with van der Waals surface area (Å²) < 4.78 is 7.84. The van der Waals surface area contributed by atoms with Crippen molar-refractivity contribution in [2.45, 2.75) is 69.1 Å². The Morgan fingerprint density at radius 3 is 2.74 bits per heavy atom. The molecule has 1 unspecified atom stereocenters. The highest BCUT2D eigenvalue weighted by atomic mass is 32.2. The molecule has 7 heteroatoms. The highest BCUT2D eigenvalue weighted by Crippen LogP contribution is 2.36. The predicted octanol–water partition coefficient (Wildman–Crippen LogP) is 5.50. The summed E-state index contributed by atoms with van der Waals surface area (Å²) in [5, 5.41) is 9.73. The van der Waals surface area contributed by atoms with Gasteiger partial charge in [-0.05, 0) is 56.4 Å². The van der Waals surface area contributed by atoms with E-state index in [2.05, 4.69) is 39.9 Å². The van der Waals surface area contributed by atoms with Gasteiger partial charge in [0.2, 0.25) is 11.7 Å². The lowest BCUT2D eigenvalue weighted by Gasteiger charge is -2.35. The Labute approximate surface area is 187 Å². The number of para-hydroxylation sites is 1. The summed E-state index contributed by atoms with van der Waals surface area (Å²) in [6.07, 6.45) is 9.62. The van der Waals surface area contributed by atoms with Gasteiger partial charge in [0.15, 0.2) is 10.9 Å². The van der Waals surface area contributed by atoms with Crippen molar-refractivity contribution in [2.24, 2.45) is 0 Å². The van der Waals surface area contributed by atoms with Crippen LogP contribution in [0.3, 0.4) is 0 Å². The lowest BCUT2D eigenvalue weighted by Crippen LogP contribution is -2.43. The molecule has 6 nitrogen and oxygen atoms in total. The maximum Gasteiger partial charge on any atom is 0.237 e. The second kappa shape index (κ2) is 8.91. The molecule has 1 aromatic carbocycles. The molecule has 2 aromatic heterocycles. The van der Waals surface area contributed by atoms with Crippen molar-refractivity contribution in [3.8, 4) is 11.6 Å². The summed E-state index contributed by atoms with van der Waals surface area (Å²) in [6, 6.07) is 12.6. The molecule has 3 aromatic rings. The van der Waals surface area contributed by atoms with Gasteiger partial charge in [-0.3, -0.25) is 9.36 Å². The molecule has 31 heavy (non-hydrogen) atoms. The molecule has 162 valence electrons. The Bertz CT molecular complexity index is 1040. The third kappa shape index (κ3) is 4.03. The van der Waals surface area contributed by atoms with Crippen LogP contribution in [0.2, 0.25) is 0 Å². The van der Waals surface area contributed by atoms with E-state index < -0.39 is 0 Å². The number of thioether (sulfide) groups is 1. The van der Waals surface area contributed by atoms with Crippen LogP contribution in [0.5, 0.6) is 0 Å². The monoisotopic (exact) mass is 436 g/mol. The van der Waals surface area contributed by atoms with Crippen LogP contribution in [0.1, 0.15) is 57.1 Å². The maximum absolute atomic E-state index is 13.3. The van der Waals surface area contributed by atoms with Gasteiger partial charge in [0, 0.05) is 17.8 Å². The first-order valence-corrected chi connectivity index (χ1v) is 12.2. The van der Waals surface area contributed by atoms with Crippen LogP contribution >= 0.6 is 11.8 Å². The number of amides is 1. The van der Waals surface area contributed by atoms with Crippen molar-refractivity contribution < 1.29 is 9.21 Å². The Balaban J connectivity index is 1.39. The van der Waals surface area contributed by atoms with Crippen molar-refractivity contribution in [3.63, 3.8) is 0 Å². The Morgan fingerprint density at radius 1 is 1.10 bits per heavy atom. The zero-order valence-electron chi connectivity index (χ0n) is 17.9. The van der Waals surface area contributed by atoms with Gasteiger partial charge in [-0.15, -0.1) is 10.2 Å². The van der Waals surface area contributed by atoms with Crippen LogP contribution in [0.25, 0.3) is 11.6 Å². The first kappa shape index (κ1) is 20.4. The van der Waals surface area contributed by atoms with E-state index in [9.17, 15) is 4.79 Å². The second-order valence-corrected chi connectivity index (χ2v) is 9.46. The smallest absolute Gasteiger partial charge is 0.237 e. The first-order chi connectivity index (χ1) is 15.2. The van der Waals surface area contributed by atoms with E-state index in [4.69, 9.17) is 4.42 Å². The molecule has 3 heterocycles. The number of hydrogen-bond donors (Lipinski definition) is 0. The van der Waals surface area contributed by atoms with Crippen LogP contribution in [-0.4, -0.2) is 32.5 Å². The van der Waals surface area contributed by atoms with Crippen molar-refractivity contribution in [1.29, 1.82) is 0 Å². The fourth-order valence-electron chi connectivity index (χ4n) is 4.88. The molecule has 2 aliphatic rings. The highest BCUT2D eigenvalue weighted by molar-refractivity contribution is 7.99. The summed E-state index contributed by atoms with van der Waals surface area (Å²) in [5.41, 5.74) is 2.31. The highest BCUT2D eigenvalue weighted by Gasteiger charge is 2.30. The van der Waals surface area contributed by atoms with Crippen LogP contribution in [0, 0.1) is 0 Å². The van der Waals surface area contributed by atoms with Gasteiger partial charge in [-0.2, -0.15) is 0 Å². The molecular formula is C24H28N4O2S. The molecule has 0 N–H and O–H groups in total. The molecule has 1 aliphatic heterocycles. The number of fused-ring (bicyclic) bond motifs is 1. The van der Waals surface area contributed by atoms with Crippen molar-refractivity contribution >= 4 is 23.4 Å². The van der Waals surface area contributed by atoms with Gasteiger partial charge in [0.1, 0.15) is 0 Å². The zero-order valence-corrected chi connectivity index (χ0v) is 18.7. The fraction of sp³-hybridized carbons (Fsp3) is 0.458. The molecule has 0 radical (unpaired) electrons.